The molecule has 3 nitrogen and oxygen atoms in total. The summed E-state index contributed by atoms with van der Waals surface area (Å²) in [5.74, 6) is 0.654. The third kappa shape index (κ3) is 2.99. The molecule has 0 aromatic heterocycles. The Balaban J connectivity index is 2.10. The van der Waals surface area contributed by atoms with E-state index in [0.29, 0.717) is 12.1 Å². The molecule has 1 aromatic carbocycles. The van der Waals surface area contributed by atoms with E-state index in [-0.39, 0.29) is 0 Å². The Bertz CT molecular complexity index is 374. The lowest BCUT2D eigenvalue weighted by molar-refractivity contribution is 0.318. The molecule has 1 saturated heterocycles. The average Bonchev–Trinajstić information content (AvgIpc) is 2.29. The highest BCUT2D eigenvalue weighted by molar-refractivity contribution is 5.45. The van der Waals surface area contributed by atoms with Crippen molar-refractivity contribution in [3.05, 3.63) is 29.3 Å². The van der Waals surface area contributed by atoms with Crippen LogP contribution in [0, 0.1) is 6.92 Å². The van der Waals surface area contributed by atoms with Crippen LogP contribution in [-0.4, -0.2) is 19.3 Å². The van der Waals surface area contributed by atoms with E-state index in [2.05, 4.69) is 36.6 Å². The average molecular weight is 233 g/mol. The van der Waals surface area contributed by atoms with Crippen molar-refractivity contribution in [1.29, 1.82) is 0 Å². The Kier molecular flexibility index (Phi) is 4.02. The van der Waals surface area contributed by atoms with Gasteiger partial charge in [0.2, 0.25) is 0 Å². The van der Waals surface area contributed by atoms with Crippen molar-refractivity contribution in [2.24, 2.45) is 0 Å². The van der Waals surface area contributed by atoms with E-state index >= 15 is 0 Å². The highest BCUT2D eigenvalue weighted by Gasteiger charge is 2.22. The Morgan fingerprint density at radius 3 is 3.00 bits per heavy atom. The van der Waals surface area contributed by atoms with Gasteiger partial charge in [0, 0.05) is 5.69 Å². The molecule has 3 heteroatoms. The number of benzene rings is 1. The maximum absolute atomic E-state index is 5.81. The predicted molar refractivity (Wildman–Crippen MR) is 73.0 cm³/mol. The normalized spacial score (nSPS) is 24.8. The Labute approximate surface area is 104 Å². The largest absolute Gasteiger partial charge is 0.399 e. The number of nitrogens with two attached hydrogens (primary N) is 1. The Morgan fingerprint density at radius 1 is 1.47 bits per heavy atom. The number of hydrogen-bond acceptors (Lipinski definition) is 3. The number of nitrogens with one attached hydrogen (secondary N) is 2. The van der Waals surface area contributed by atoms with E-state index in [1.807, 2.05) is 6.07 Å². The summed E-state index contributed by atoms with van der Waals surface area (Å²) in [5, 5.41) is 6.99. The number of piperidine rings is 1. The SMILES string of the molecule is CCNC1CC(c2ccc(N)cc2C)CCN1. The summed E-state index contributed by atoms with van der Waals surface area (Å²) in [6.07, 6.45) is 2.83. The second-order valence-corrected chi connectivity index (χ2v) is 4.90. The fourth-order valence-electron chi connectivity index (χ4n) is 2.76. The van der Waals surface area contributed by atoms with Gasteiger partial charge in [-0.1, -0.05) is 13.0 Å². The maximum atomic E-state index is 5.81. The third-order valence-electron chi connectivity index (χ3n) is 3.59. The van der Waals surface area contributed by atoms with E-state index in [0.717, 1.165) is 18.8 Å². The van der Waals surface area contributed by atoms with Crippen LogP contribution in [0.15, 0.2) is 18.2 Å². The first-order valence-electron chi connectivity index (χ1n) is 6.53. The molecule has 94 valence electrons. The molecule has 0 radical (unpaired) electrons. The molecule has 1 heterocycles. The summed E-state index contributed by atoms with van der Waals surface area (Å²) < 4.78 is 0. The van der Waals surface area contributed by atoms with E-state index in [1.54, 1.807) is 0 Å². The summed E-state index contributed by atoms with van der Waals surface area (Å²) in [6, 6.07) is 6.30. The second kappa shape index (κ2) is 5.52. The number of nitrogen functional groups attached to an aromatic ring is 1. The van der Waals surface area contributed by atoms with Gasteiger partial charge in [-0.3, -0.25) is 0 Å². The van der Waals surface area contributed by atoms with Crippen LogP contribution in [0.25, 0.3) is 0 Å². The quantitative estimate of drug-likeness (QED) is 0.700. The fraction of sp³-hybridized carbons (Fsp3) is 0.571. The van der Waals surface area contributed by atoms with Crippen molar-refractivity contribution >= 4 is 5.69 Å². The van der Waals surface area contributed by atoms with Gasteiger partial charge in [0.25, 0.3) is 0 Å². The van der Waals surface area contributed by atoms with Crippen molar-refractivity contribution in [2.45, 2.75) is 38.8 Å². The van der Waals surface area contributed by atoms with Gasteiger partial charge >= 0.3 is 0 Å². The summed E-state index contributed by atoms with van der Waals surface area (Å²) in [4.78, 5) is 0. The topological polar surface area (TPSA) is 50.1 Å². The van der Waals surface area contributed by atoms with Crippen LogP contribution in [0.1, 0.15) is 36.8 Å². The molecule has 0 saturated carbocycles. The van der Waals surface area contributed by atoms with Crippen molar-refractivity contribution in [3.8, 4) is 0 Å². The molecule has 0 spiro atoms. The van der Waals surface area contributed by atoms with Gasteiger partial charge in [-0.2, -0.15) is 0 Å². The van der Waals surface area contributed by atoms with Crippen molar-refractivity contribution in [2.75, 3.05) is 18.8 Å². The van der Waals surface area contributed by atoms with Crippen LogP contribution in [0.5, 0.6) is 0 Å². The summed E-state index contributed by atoms with van der Waals surface area (Å²) in [6.45, 7) is 6.42. The smallest absolute Gasteiger partial charge is 0.0577 e. The summed E-state index contributed by atoms with van der Waals surface area (Å²) in [5.41, 5.74) is 9.46. The maximum Gasteiger partial charge on any atom is 0.0577 e. The lowest BCUT2D eigenvalue weighted by Crippen LogP contribution is -2.47. The van der Waals surface area contributed by atoms with Crippen LogP contribution in [0.3, 0.4) is 0 Å². The fourth-order valence-corrected chi connectivity index (χ4v) is 2.76. The Morgan fingerprint density at radius 2 is 2.29 bits per heavy atom. The zero-order valence-corrected chi connectivity index (χ0v) is 10.8. The summed E-state index contributed by atoms with van der Waals surface area (Å²) in [7, 11) is 0. The lowest BCUT2D eigenvalue weighted by Gasteiger charge is -2.32. The molecule has 0 amide bonds. The highest BCUT2D eigenvalue weighted by atomic mass is 15.1. The minimum atomic E-state index is 0.454. The zero-order valence-electron chi connectivity index (χ0n) is 10.8. The molecule has 2 atom stereocenters. The van der Waals surface area contributed by atoms with Crippen LogP contribution in [0.4, 0.5) is 5.69 Å². The van der Waals surface area contributed by atoms with E-state index in [1.165, 1.54) is 24.0 Å². The van der Waals surface area contributed by atoms with Crippen molar-refractivity contribution in [1.82, 2.24) is 10.6 Å². The molecule has 1 aliphatic heterocycles. The number of aryl methyl sites for hydroxylation is 1. The van der Waals surface area contributed by atoms with Gasteiger partial charge in [0.1, 0.15) is 0 Å². The monoisotopic (exact) mass is 233 g/mol. The van der Waals surface area contributed by atoms with Gasteiger partial charge in [-0.25, -0.2) is 0 Å². The van der Waals surface area contributed by atoms with E-state index in [9.17, 15) is 0 Å². The molecule has 1 fully saturated rings. The molecule has 1 aliphatic rings. The number of hydrogen-bond donors (Lipinski definition) is 3. The molecule has 0 aliphatic carbocycles. The van der Waals surface area contributed by atoms with Gasteiger partial charge in [-0.05, 0) is 62.0 Å². The molecule has 0 bridgehead atoms. The molecule has 4 N–H and O–H groups in total. The van der Waals surface area contributed by atoms with Crippen molar-refractivity contribution < 1.29 is 0 Å². The molecule has 2 unspecified atom stereocenters. The minimum Gasteiger partial charge on any atom is -0.399 e. The molecule has 2 rings (SSSR count). The number of anilines is 1. The molecular formula is C14H23N3. The highest BCUT2D eigenvalue weighted by Crippen LogP contribution is 2.30. The van der Waals surface area contributed by atoms with Crippen LogP contribution in [0.2, 0.25) is 0 Å². The third-order valence-corrected chi connectivity index (χ3v) is 3.59. The standard InChI is InChI=1S/C14H23N3/c1-3-16-14-9-11(6-7-17-14)13-5-4-12(15)8-10(13)2/h4-5,8,11,14,16-17H,3,6-7,9,15H2,1-2H3. The lowest BCUT2D eigenvalue weighted by atomic mass is 9.86. The van der Waals surface area contributed by atoms with E-state index in [4.69, 9.17) is 5.73 Å². The number of rotatable bonds is 3. The van der Waals surface area contributed by atoms with Gasteiger partial charge in [-0.15, -0.1) is 0 Å². The van der Waals surface area contributed by atoms with Crippen LogP contribution in [-0.2, 0) is 0 Å². The first-order valence-corrected chi connectivity index (χ1v) is 6.53. The first kappa shape index (κ1) is 12.4. The molecule has 17 heavy (non-hydrogen) atoms. The minimum absolute atomic E-state index is 0.454. The van der Waals surface area contributed by atoms with Gasteiger partial charge in [0.05, 0.1) is 6.17 Å². The zero-order chi connectivity index (χ0) is 12.3. The first-order chi connectivity index (χ1) is 8.20. The summed E-state index contributed by atoms with van der Waals surface area (Å²) >= 11 is 0. The predicted octanol–water partition coefficient (Wildman–Crippen LogP) is 1.98. The van der Waals surface area contributed by atoms with Crippen LogP contribution < -0.4 is 16.4 Å². The van der Waals surface area contributed by atoms with E-state index < -0.39 is 0 Å². The van der Waals surface area contributed by atoms with Crippen molar-refractivity contribution in [3.63, 3.8) is 0 Å². The second-order valence-electron chi connectivity index (χ2n) is 4.90. The van der Waals surface area contributed by atoms with Crippen LogP contribution >= 0.6 is 0 Å². The molecular weight excluding hydrogens is 210 g/mol. The Hall–Kier alpha value is -1.06. The molecule has 1 aromatic rings. The van der Waals surface area contributed by atoms with Gasteiger partial charge < -0.3 is 16.4 Å². The van der Waals surface area contributed by atoms with Gasteiger partial charge in [0.15, 0.2) is 0 Å².